The standard InChI is InChI=1S/C27H23N5/c1-31-15-20-5-4-18(11-21(20)16-31)22-13-29-26-30-14-25(32(26)17-22)27(8-9-27)23-6-7-24-19(12-23)3-2-10-28-24/h2-7,10-14,17H,8-9,15-16H2,1H3. The van der Waals surface area contributed by atoms with Crippen LogP contribution in [0.4, 0.5) is 0 Å². The van der Waals surface area contributed by atoms with E-state index in [-0.39, 0.29) is 5.41 Å². The van der Waals surface area contributed by atoms with Crippen LogP contribution >= 0.6 is 0 Å². The van der Waals surface area contributed by atoms with E-state index in [9.17, 15) is 0 Å². The molecule has 1 fully saturated rings. The van der Waals surface area contributed by atoms with Gasteiger partial charge in [-0.05, 0) is 66.4 Å². The Labute approximate surface area is 186 Å². The molecule has 32 heavy (non-hydrogen) atoms. The molecule has 0 unspecified atom stereocenters. The fraction of sp³-hybridized carbons (Fsp3) is 0.222. The lowest BCUT2D eigenvalue weighted by molar-refractivity contribution is 0.353. The first-order valence-corrected chi connectivity index (χ1v) is 11.2. The van der Waals surface area contributed by atoms with E-state index < -0.39 is 0 Å². The molecule has 5 aromatic rings. The zero-order valence-corrected chi connectivity index (χ0v) is 18.0. The molecule has 0 spiro atoms. The van der Waals surface area contributed by atoms with Gasteiger partial charge >= 0.3 is 0 Å². The smallest absolute Gasteiger partial charge is 0.233 e. The zero-order valence-electron chi connectivity index (χ0n) is 18.0. The Morgan fingerprint density at radius 3 is 2.62 bits per heavy atom. The summed E-state index contributed by atoms with van der Waals surface area (Å²) in [6.45, 7) is 2.04. The maximum Gasteiger partial charge on any atom is 0.233 e. The number of benzene rings is 2. The highest BCUT2D eigenvalue weighted by atomic mass is 15.1. The fourth-order valence-corrected chi connectivity index (χ4v) is 5.31. The molecule has 0 amide bonds. The SMILES string of the molecule is CN1Cc2ccc(-c3cnc4ncc(C5(c6ccc7ncccc7c6)CC5)n4c3)cc2C1. The fourth-order valence-electron chi connectivity index (χ4n) is 5.31. The van der Waals surface area contributed by atoms with Gasteiger partial charge in [0, 0.05) is 48.0 Å². The number of hydrogen-bond acceptors (Lipinski definition) is 4. The Morgan fingerprint density at radius 1 is 0.844 bits per heavy atom. The highest BCUT2D eigenvalue weighted by molar-refractivity contribution is 5.79. The van der Waals surface area contributed by atoms with Gasteiger partial charge < -0.3 is 0 Å². The Hall–Kier alpha value is -3.57. The van der Waals surface area contributed by atoms with Crippen LogP contribution in [0.25, 0.3) is 27.8 Å². The molecule has 0 saturated heterocycles. The van der Waals surface area contributed by atoms with Gasteiger partial charge in [-0.2, -0.15) is 0 Å². The van der Waals surface area contributed by atoms with E-state index >= 15 is 0 Å². The number of hydrogen-bond donors (Lipinski definition) is 0. The summed E-state index contributed by atoms with van der Waals surface area (Å²) in [4.78, 5) is 16.2. The first kappa shape index (κ1) is 18.0. The predicted molar refractivity (Wildman–Crippen MR) is 125 cm³/mol. The molecule has 2 aromatic carbocycles. The van der Waals surface area contributed by atoms with Gasteiger partial charge in [0.05, 0.1) is 17.4 Å². The summed E-state index contributed by atoms with van der Waals surface area (Å²) in [5, 5.41) is 1.19. The lowest BCUT2D eigenvalue weighted by Crippen LogP contribution is -2.12. The lowest BCUT2D eigenvalue weighted by Gasteiger charge is -2.17. The van der Waals surface area contributed by atoms with Gasteiger partial charge in [0.1, 0.15) is 0 Å². The van der Waals surface area contributed by atoms with Gasteiger partial charge in [0.15, 0.2) is 0 Å². The molecule has 7 rings (SSSR count). The van der Waals surface area contributed by atoms with Crippen LogP contribution < -0.4 is 0 Å². The third kappa shape index (κ3) is 2.64. The van der Waals surface area contributed by atoms with Gasteiger partial charge in [0.2, 0.25) is 5.78 Å². The largest absolute Gasteiger partial charge is 0.298 e. The van der Waals surface area contributed by atoms with Crippen molar-refractivity contribution >= 4 is 16.7 Å². The molecule has 1 aliphatic heterocycles. The summed E-state index contributed by atoms with van der Waals surface area (Å²) in [7, 11) is 2.17. The molecule has 3 aromatic heterocycles. The van der Waals surface area contributed by atoms with E-state index in [0.717, 1.165) is 42.8 Å². The molecule has 1 aliphatic carbocycles. The Balaban J connectivity index is 1.34. The number of fused-ring (bicyclic) bond motifs is 3. The normalized spacial score (nSPS) is 17.2. The van der Waals surface area contributed by atoms with Gasteiger partial charge in [-0.3, -0.25) is 14.3 Å². The van der Waals surface area contributed by atoms with Crippen LogP contribution in [-0.4, -0.2) is 31.3 Å². The van der Waals surface area contributed by atoms with Gasteiger partial charge in [-0.15, -0.1) is 0 Å². The van der Waals surface area contributed by atoms with Crippen molar-refractivity contribution in [3.8, 4) is 11.1 Å². The van der Waals surface area contributed by atoms with E-state index in [2.05, 4.69) is 75.0 Å². The molecule has 5 heteroatoms. The van der Waals surface area contributed by atoms with Crippen LogP contribution in [0.1, 0.15) is 35.2 Å². The molecular formula is C27H23N5. The monoisotopic (exact) mass is 417 g/mol. The van der Waals surface area contributed by atoms with Crippen molar-refractivity contribution in [2.75, 3.05) is 7.05 Å². The molecule has 4 heterocycles. The Morgan fingerprint density at radius 2 is 1.72 bits per heavy atom. The quantitative estimate of drug-likeness (QED) is 0.416. The van der Waals surface area contributed by atoms with E-state index in [1.54, 1.807) is 0 Å². The number of aromatic nitrogens is 4. The van der Waals surface area contributed by atoms with Crippen LogP contribution in [0.5, 0.6) is 0 Å². The minimum absolute atomic E-state index is 0.00436. The third-order valence-corrected chi connectivity index (χ3v) is 7.18. The van der Waals surface area contributed by atoms with Crippen molar-refractivity contribution in [3.05, 3.63) is 95.7 Å². The molecule has 0 N–H and O–H groups in total. The van der Waals surface area contributed by atoms with Gasteiger partial charge in [-0.25, -0.2) is 9.97 Å². The molecule has 5 nitrogen and oxygen atoms in total. The lowest BCUT2D eigenvalue weighted by atomic mass is 9.91. The van der Waals surface area contributed by atoms with Crippen molar-refractivity contribution in [3.63, 3.8) is 0 Å². The Bertz CT molecular complexity index is 1510. The molecule has 2 aliphatic rings. The second kappa shape index (κ2) is 6.47. The summed E-state index contributed by atoms with van der Waals surface area (Å²) in [5.74, 6) is 0.762. The van der Waals surface area contributed by atoms with Gasteiger partial charge in [0.25, 0.3) is 0 Å². The molecule has 0 radical (unpaired) electrons. The van der Waals surface area contributed by atoms with Crippen molar-refractivity contribution in [1.29, 1.82) is 0 Å². The van der Waals surface area contributed by atoms with E-state index in [4.69, 9.17) is 4.98 Å². The topological polar surface area (TPSA) is 46.3 Å². The van der Waals surface area contributed by atoms with E-state index in [1.807, 2.05) is 24.7 Å². The highest BCUT2D eigenvalue weighted by Gasteiger charge is 2.48. The predicted octanol–water partition coefficient (Wildman–Crippen LogP) is 4.97. The van der Waals surface area contributed by atoms with E-state index in [1.165, 1.54) is 33.3 Å². The van der Waals surface area contributed by atoms with Crippen molar-refractivity contribution in [1.82, 2.24) is 24.3 Å². The van der Waals surface area contributed by atoms with Crippen molar-refractivity contribution in [2.45, 2.75) is 31.3 Å². The summed E-state index contributed by atoms with van der Waals surface area (Å²) in [5.41, 5.74) is 8.80. The van der Waals surface area contributed by atoms with Gasteiger partial charge in [-0.1, -0.05) is 24.3 Å². The zero-order chi connectivity index (χ0) is 21.3. The Kier molecular flexibility index (Phi) is 3.65. The summed E-state index contributed by atoms with van der Waals surface area (Å²) >= 11 is 0. The molecule has 0 bridgehead atoms. The number of rotatable bonds is 3. The molecule has 156 valence electrons. The van der Waals surface area contributed by atoms with Crippen LogP contribution in [-0.2, 0) is 18.5 Å². The van der Waals surface area contributed by atoms with Crippen LogP contribution in [0.2, 0.25) is 0 Å². The van der Waals surface area contributed by atoms with Crippen LogP contribution in [0, 0.1) is 0 Å². The first-order valence-electron chi connectivity index (χ1n) is 11.2. The molecular weight excluding hydrogens is 394 g/mol. The maximum atomic E-state index is 4.70. The second-order valence-electron chi connectivity index (χ2n) is 9.30. The first-order chi connectivity index (χ1) is 15.7. The average molecular weight is 418 g/mol. The van der Waals surface area contributed by atoms with Crippen molar-refractivity contribution in [2.24, 2.45) is 0 Å². The third-order valence-electron chi connectivity index (χ3n) is 7.18. The number of imidazole rings is 1. The minimum atomic E-state index is 0.00436. The van der Waals surface area contributed by atoms with Crippen LogP contribution in [0.15, 0.2) is 73.3 Å². The molecule has 0 atom stereocenters. The average Bonchev–Trinajstić information content (AvgIpc) is 3.37. The summed E-state index contributed by atoms with van der Waals surface area (Å²) in [6, 6.07) is 17.6. The van der Waals surface area contributed by atoms with Crippen molar-refractivity contribution < 1.29 is 0 Å². The second-order valence-corrected chi connectivity index (χ2v) is 9.30. The number of pyridine rings is 1. The summed E-state index contributed by atoms with van der Waals surface area (Å²) in [6.07, 6.45) is 10.3. The van der Waals surface area contributed by atoms with Crippen LogP contribution in [0.3, 0.4) is 0 Å². The summed E-state index contributed by atoms with van der Waals surface area (Å²) < 4.78 is 2.20. The molecule has 1 saturated carbocycles. The maximum absolute atomic E-state index is 4.70. The minimum Gasteiger partial charge on any atom is -0.298 e. The van der Waals surface area contributed by atoms with E-state index in [0.29, 0.717) is 0 Å². The highest BCUT2D eigenvalue weighted by Crippen LogP contribution is 2.53. The number of nitrogens with zero attached hydrogens (tertiary/aromatic N) is 5.